The van der Waals surface area contributed by atoms with Gasteiger partial charge >= 0.3 is 0 Å². The summed E-state index contributed by atoms with van der Waals surface area (Å²) < 4.78 is 1.74. The van der Waals surface area contributed by atoms with Crippen LogP contribution in [-0.2, 0) is 6.42 Å². The quantitative estimate of drug-likeness (QED) is 0.784. The van der Waals surface area contributed by atoms with Gasteiger partial charge in [-0.25, -0.2) is 0 Å². The van der Waals surface area contributed by atoms with Gasteiger partial charge in [0.1, 0.15) is 0 Å². The van der Waals surface area contributed by atoms with Crippen LogP contribution in [0.1, 0.15) is 30.0 Å². The van der Waals surface area contributed by atoms with Gasteiger partial charge in [-0.2, -0.15) is 0 Å². The lowest BCUT2D eigenvalue weighted by molar-refractivity contribution is 0.499. The molecule has 0 saturated heterocycles. The maximum absolute atomic E-state index is 6.13. The lowest BCUT2D eigenvalue weighted by atomic mass is 9.91. The Hall–Kier alpha value is 0.240. The zero-order chi connectivity index (χ0) is 9.42. The molecular formula is C9H11Cl2NS. The summed E-state index contributed by atoms with van der Waals surface area (Å²) in [7, 11) is 1.97. The van der Waals surface area contributed by atoms with E-state index in [0.29, 0.717) is 6.04 Å². The molecule has 0 radical (unpaired) electrons. The summed E-state index contributed by atoms with van der Waals surface area (Å²) in [5.74, 6) is 0. The Labute approximate surface area is 92.0 Å². The van der Waals surface area contributed by atoms with Crippen molar-refractivity contribution >= 4 is 34.5 Å². The minimum atomic E-state index is 0.403. The molecule has 1 unspecified atom stereocenters. The van der Waals surface area contributed by atoms with Crippen molar-refractivity contribution in [3.05, 3.63) is 19.8 Å². The van der Waals surface area contributed by atoms with Crippen molar-refractivity contribution in [3.63, 3.8) is 0 Å². The highest BCUT2D eigenvalue weighted by molar-refractivity contribution is 7.20. The van der Waals surface area contributed by atoms with Gasteiger partial charge in [0.15, 0.2) is 0 Å². The smallest absolute Gasteiger partial charge is 0.0994 e. The van der Waals surface area contributed by atoms with Gasteiger partial charge in [-0.05, 0) is 31.9 Å². The molecule has 1 aromatic heterocycles. The number of thiophene rings is 1. The Morgan fingerprint density at radius 3 is 2.85 bits per heavy atom. The molecule has 0 amide bonds. The van der Waals surface area contributed by atoms with E-state index in [1.807, 2.05) is 7.05 Å². The van der Waals surface area contributed by atoms with E-state index in [4.69, 9.17) is 23.2 Å². The SMILES string of the molecule is CNC1CCCc2c(Cl)sc(Cl)c21. The van der Waals surface area contributed by atoms with Gasteiger partial charge < -0.3 is 5.32 Å². The van der Waals surface area contributed by atoms with E-state index in [-0.39, 0.29) is 0 Å². The van der Waals surface area contributed by atoms with Gasteiger partial charge in [-0.15, -0.1) is 11.3 Å². The number of halogens is 2. The van der Waals surface area contributed by atoms with E-state index in [1.54, 1.807) is 0 Å². The first-order valence-corrected chi connectivity index (χ1v) is 5.95. The highest BCUT2D eigenvalue weighted by atomic mass is 35.5. The molecule has 1 nitrogen and oxygen atoms in total. The summed E-state index contributed by atoms with van der Waals surface area (Å²) in [4.78, 5) is 0. The monoisotopic (exact) mass is 235 g/mol. The van der Waals surface area contributed by atoms with Crippen LogP contribution in [0.2, 0.25) is 8.67 Å². The van der Waals surface area contributed by atoms with E-state index in [9.17, 15) is 0 Å². The average molecular weight is 236 g/mol. The molecule has 1 atom stereocenters. The zero-order valence-corrected chi connectivity index (χ0v) is 9.69. The van der Waals surface area contributed by atoms with Crippen molar-refractivity contribution in [2.24, 2.45) is 0 Å². The van der Waals surface area contributed by atoms with E-state index >= 15 is 0 Å². The van der Waals surface area contributed by atoms with Crippen LogP contribution in [0.4, 0.5) is 0 Å². The van der Waals surface area contributed by atoms with Crippen molar-refractivity contribution < 1.29 is 0 Å². The Morgan fingerprint density at radius 2 is 2.15 bits per heavy atom. The third-order valence-electron chi connectivity index (χ3n) is 2.57. The molecule has 2 rings (SSSR count). The predicted molar refractivity (Wildman–Crippen MR) is 59.1 cm³/mol. The first-order valence-electron chi connectivity index (χ1n) is 4.38. The highest BCUT2D eigenvalue weighted by Crippen LogP contribution is 2.44. The molecule has 0 bridgehead atoms. The van der Waals surface area contributed by atoms with E-state index in [0.717, 1.165) is 21.5 Å². The summed E-state index contributed by atoms with van der Waals surface area (Å²) in [6.07, 6.45) is 3.44. The summed E-state index contributed by atoms with van der Waals surface area (Å²) >= 11 is 13.7. The van der Waals surface area contributed by atoms with Gasteiger partial charge in [0.2, 0.25) is 0 Å². The summed E-state index contributed by atoms with van der Waals surface area (Å²) in [6.45, 7) is 0. The lowest BCUT2D eigenvalue weighted by Crippen LogP contribution is -2.20. The standard InChI is InChI=1S/C9H11Cl2NS/c1-12-6-4-2-3-5-7(6)9(11)13-8(5)10/h6,12H,2-4H2,1H3. The largest absolute Gasteiger partial charge is 0.313 e. The van der Waals surface area contributed by atoms with Crippen LogP contribution in [0.5, 0.6) is 0 Å². The second-order valence-corrected chi connectivity index (χ2v) is 5.50. The third kappa shape index (κ3) is 1.61. The molecular weight excluding hydrogens is 225 g/mol. The fraction of sp³-hybridized carbons (Fsp3) is 0.556. The lowest BCUT2D eigenvalue weighted by Gasteiger charge is -2.22. The fourth-order valence-corrected chi connectivity index (χ4v) is 3.81. The predicted octanol–water partition coefficient (Wildman–Crippen LogP) is 3.65. The first kappa shape index (κ1) is 9.78. The minimum absolute atomic E-state index is 0.403. The van der Waals surface area contributed by atoms with E-state index in [1.165, 1.54) is 28.9 Å². The molecule has 4 heteroatoms. The van der Waals surface area contributed by atoms with Crippen molar-refractivity contribution in [1.29, 1.82) is 0 Å². The summed E-state index contributed by atoms with van der Waals surface area (Å²) in [5.41, 5.74) is 2.51. The Bertz CT molecular complexity index is 322. The number of hydrogen-bond acceptors (Lipinski definition) is 2. The molecule has 0 aromatic carbocycles. The number of hydrogen-bond donors (Lipinski definition) is 1. The van der Waals surface area contributed by atoms with Crippen molar-refractivity contribution in [1.82, 2.24) is 5.32 Å². The Morgan fingerprint density at radius 1 is 1.38 bits per heavy atom. The maximum atomic E-state index is 6.13. The van der Waals surface area contributed by atoms with Crippen LogP contribution in [0, 0.1) is 0 Å². The highest BCUT2D eigenvalue weighted by Gasteiger charge is 2.25. The molecule has 1 aliphatic carbocycles. The second kappa shape index (κ2) is 3.77. The van der Waals surface area contributed by atoms with E-state index in [2.05, 4.69) is 5.32 Å². The Kier molecular flexibility index (Phi) is 2.84. The van der Waals surface area contributed by atoms with Crippen LogP contribution >= 0.6 is 34.5 Å². The van der Waals surface area contributed by atoms with Crippen molar-refractivity contribution in [2.75, 3.05) is 7.05 Å². The fourth-order valence-electron chi connectivity index (χ4n) is 1.92. The van der Waals surface area contributed by atoms with Gasteiger partial charge in [0.25, 0.3) is 0 Å². The molecule has 72 valence electrons. The van der Waals surface area contributed by atoms with Crippen molar-refractivity contribution in [3.8, 4) is 0 Å². The molecule has 0 spiro atoms. The Balaban J connectivity index is 2.48. The van der Waals surface area contributed by atoms with Gasteiger partial charge in [-0.3, -0.25) is 0 Å². The molecule has 0 fully saturated rings. The molecule has 1 N–H and O–H groups in total. The molecule has 0 aliphatic heterocycles. The van der Waals surface area contributed by atoms with E-state index < -0.39 is 0 Å². The van der Waals surface area contributed by atoms with Crippen LogP contribution < -0.4 is 5.32 Å². The molecule has 1 aromatic rings. The second-order valence-electron chi connectivity index (χ2n) is 3.28. The number of rotatable bonds is 1. The normalized spacial score (nSPS) is 21.6. The van der Waals surface area contributed by atoms with Crippen LogP contribution in [0.3, 0.4) is 0 Å². The average Bonchev–Trinajstić information content (AvgIpc) is 2.43. The topological polar surface area (TPSA) is 12.0 Å². The van der Waals surface area contributed by atoms with Crippen molar-refractivity contribution in [2.45, 2.75) is 25.3 Å². The first-order chi connectivity index (χ1) is 6.24. The molecule has 13 heavy (non-hydrogen) atoms. The molecule has 1 heterocycles. The van der Waals surface area contributed by atoms with Crippen LogP contribution in [-0.4, -0.2) is 7.05 Å². The minimum Gasteiger partial charge on any atom is -0.313 e. The number of fused-ring (bicyclic) bond motifs is 1. The van der Waals surface area contributed by atoms with Crippen LogP contribution in [0.25, 0.3) is 0 Å². The maximum Gasteiger partial charge on any atom is 0.0994 e. The zero-order valence-electron chi connectivity index (χ0n) is 7.36. The van der Waals surface area contributed by atoms with Crippen LogP contribution in [0.15, 0.2) is 0 Å². The summed E-state index contributed by atoms with van der Waals surface area (Å²) in [6, 6.07) is 0.403. The summed E-state index contributed by atoms with van der Waals surface area (Å²) in [5, 5.41) is 3.28. The number of nitrogens with one attached hydrogen (secondary N) is 1. The van der Waals surface area contributed by atoms with Gasteiger partial charge in [0, 0.05) is 11.6 Å². The van der Waals surface area contributed by atoms with Gasteiger partial charge in [0.05, 0.1) is 8.67 Å². The third-order valence-corrected chi connectivity index (χ3v) is 4.29. The van der Waals surface area contributed by atoms with Gasteiger partial charge in [-0.1, -0.05) is 23.2 Å². The molecule has 0 saturated carbocycles. The molecule has 1 aliphatic rings.